The number of carbonyl (C=O) groups excluding carboxylic acids is 1. The molecule has 24 heavy (non-hydrogen) atoms. The van der Waals surface area contributed by atoms with Crippen LogP contribution in [0.1, 0.15) is 6.92 Å². The Kier molecular flexibility index (Phi) is 8.97. The van der Waals surface area contributed by atoms with Gasteiger partial charge in [0.2, 0.25) is 5.91 Å². The number of nitrogens with one attached hydrogen (secondary N) is 1. The zero-order valence-electron chi connectivity index (χ0n) is 13.2. The lowest BCUT2D eigenvalue weighted by Gasteiger charge is -2.42. The Bertz CT molecular complexity index is 384. The van der Waals surface area contributed by atoms with Crippen molar-refractivity contribution >= 4 is 5.91 Å². The van der Waals surface area contributed by atoms with Gasteiger partial charge in [0, 0.05) is 6.92 Å². The van der Waals surface area contributed by atoms with Gasteiger partial charge in [-0.25, -0.2) is 0 Å². The standard InChI is InChI=1S/C13H25NO10/c1-6(18)14-10-11(20)12(9(4-17)24-13(10)21)23-5-22-8(3-16)7(19)2-15/h7-13,15-17,19-21H,2-5H2,1H3,(H,14,18)/t7-,8?,9?,10?,11?,12-,13-/m1/s1. The van der Waals surface area contributed by atoms with E-state index in [1.807, 2.05) is 0 Å². The third-order valence-electron chi connectivity index (χ3n) is 3.58. The Labute approximate surface area is 138 Å². The van der Waals surface area contributed by atoms with E-state index >= 15 is 0 Å². The Balaban J connectivity index is 2.66. The first-order valence-corrected chi connectivity index (χ1v) is 7.38. The number of rotatable bonds is 9. The lowest BCUT2D eigenvalue weighted by molar-refractivity contribution is -0.281. The van der Waals surface area contributed by atoms with Gasteiger partial charge >= 0.3 is 0 Å². The normalized spacial score (nSPS) is 33.0. The van der Waals surface area contributed by atoms with E-state index in [-0.39, 0.29) is 0 Å². The molecule has 11 heteroatoms. The number of carbonyl (C=O) groups is 1. The van der Waals surface area contributed by atoms with Gasteiger partial charge in [0.05, 0.1) is 19.8 Å². The second-order valence-electron chi connectivity index (χ2n) is 5.35. The molecule has 0 aromatic rings. The summed E-state index contributed by atoms with van der Waals surface area (Å²) < 4.78 is 15.4. The van der Waals surface area contributed by atoms with Crippen LogP contribution < -0.4 is 5.32 Å². The van der Waals surface area contributed by atoms with E-state index in [2.05, 4.69) is 5.32 Å². The van der Waals surface area contributed by atoms with Gasteiger partial charge < -0.3 is 50.2 Å². The van der Waals surface area contributed by atoms with Crippen molar-refractivity contribution in [3.63, 3.8) is 0 Å². The first-order valence-electron chi connectivity index (χ1n) is 7.38. The maximum atomic E-state index is 11.1. The predicted molar refractivity (Wildman–Crippen MR) is 76.4 cm³/mol. The van der Waals surface area contributed by atoms with Crippen LogP contribution in [-0.2, 0) is 19.0 Å². The maximum absolute atomic E-state index is 11.1. The van der Waals surface area contributed by atoms with Crippen LogP contribution in [-0.4, -0.2) is 106 Å². The number of aliphatic hydroxyl groups excluding tert-OH is 6. The van der Waals surface area contributed by atoms with Gasteiger partial charge in [0.25, 0.3) is 0 Å². The molecule has 0 saturated carbocycles. The van der Waals surface area contributed by atoms with E-state index in [4.69, 9.17) is 24.4 Å². The van der Waals surface area contributed by atoms with E-state index in [1.165, 1.54) is 6.92 Å². The zero-order valence-corrected chi connectivity index (χ0v) is 13.2. The van der Waals surface area contributed by atoms with Gasteiger partial charge in [0.1, 0.15) is 43.4 Å². The molecule has 0 spiro atoms. The number of aliphatic hydroxyl groups is 6. The summed E-state index contributed by atoms with van der Waals surface area (Å²) >= 11 is 0. The third kappa shape index (κ3) is 5.58. The largest absolute Gasteiger partial charge is 0.394 e. The Hall–Kier alpha value is -0.890. The SMILES string of the molecule is CC(=O)NC1C(O)[C@H](OCOC(CO)[C@H](O)CO)C(CO)O[C@H]1O. The molecular weight excluding hydrogens is 330 g/mol. The molecule has 1 fully saturated rings. The molecule has 1 aliphatic heterocycles. The average molecular weight is 355 g/mol. The van der Waals surface area contributed by atoms with Crippen molar-refractivity contribution in [2.45, 2.75) is 49.8 Å². The van der Waals surface area contributed by atoms with Gasteiger partial charge in [-0.1, -0.05) is 0 Å². The molecule has 0 radical (unpaired) electrons. The fourth-order valence-electron chi connectivity index (χ4n) is 2.29. The monoisotopic (exact) mass is 355 g/mol. The Morgan fingerprint density at radius 1 is 1.25 bits per heavy atom. The van der Waals surface area contributed by atoms with Crippen molar-refractivity contribution in [3.8, 4) is 0 Å². The minimum Gasteiger partial charge on any atom is -0.394 e. The summed E-state index contributed by atoms with van der Waals surface area (Å²) in [6, 6.07) is -1.17. The van der Waals surface area contributed by atoms with Crippen LogP contribution in [0.2, 0.25) is 0 Å². The number of hydrogen-bond donors (Lipinski definition) is 7. The number of amides is 1. The van der Waals surface area contributed by atoms with Crippen molar-refractivity contribution in [1.29, 1.82) is 0 Å². The summed E-state index contributed by atoms with van der Waals surface area (Å²) in [6.45, 7) is -1.10. The molecule has 1 saturated heterocycles. The second kappa shape index (κ2) is 10.2. The van der Waals surface area contributed by atoms with Crippen LogP contribution in [0.4, 0.5) is 0 Å². The molecule has 142 valence electrons. The van der Waals surface area contributed by atoms with E-state index < -0.39 is 75.4 Å². The van der Waals surface area contributed by atoms with Gasteiger partial charge in [-0.15, -0.1) is 0 Å². The highest BCUT2D eigenvalue weighted by Crippen LogP contribution is 2.22. The summed E-state index contributed by atoms with van der Waals surface area (Å²) in [5, 5.41) is 58.9. The fourth-order valence-corrected chi connectivity index (χ4v) is 2.29. The van der Waals surface area contributed by atoms with Crippen molar-refractivity contribution < 1.29 is 49.6 Å². The summed E-state index contributed by atoms with van der Waals surface area (Å²) in [5.41, 5.74) is 0. The molecule has 11 nitrogen and oxygen atoms in total. The van der Waals surface area contributed by atoms with E-state index in [0.717, 1.165) is 0 Å². The Morgan fingerprint density at radius 3 is 2.42 bits per heavy atom. The van der Waals surface area contributed by atoms with Gasteiger partial charge in [-0.05, 0) is 0 Å². The summed E-state index contributed by atoms with van der Waals surface area (Å²) in [5.74, 6) is -0.509. The quantitative estimate of drug-likeness (QED) is 0.200. The molecule has 0 aromatic heterocycles. The molecule has 0 bridgehead atoms. The first kappa shape index (κ1) is 21.2. The minimum absolute atomic E-state index is 0.507. The van der Waals surface area contributed by atoms with Crippen molar-refractivity contribution in [2.75, 3.05) is 26.6 Å². The number of ether oxygens (including phenoxy) is 3. The van der Waals surface area contributed by atoms with Crippen molar-refractivity contribution in [1.82, 2.24) is 5.32 Å². The lowest BCUT2D eigenvalue weighted by atomic mass is 9.97. The van der Waals surface area contributed by atoms with E-state index in [9.17, 15) is 25.2 Å². The van der Waals surface area contributed by atoms with Crippen LogP contribution in [0.15, 0.2) is 0 Å². The zero-order chi connectivity index (χ0) is 18.3. The highest BCUT2D eigenvalue weighted by molar-refractivity contribution is 5.73. The van der Waals surface area contributed by atoms with Crippen LogP contribution >= 0.6 is 0 Å². The maximum Gasteiger partial charge on any atom is 0.217 e. The molecule has 7 N–H and O–H groups in total. The van der Waals surface area contributed by atoms with Crippen molar-refractivity contribution in [3.05, 3.63) is 0 Å². The first-order chi connectivity index (χ1) is 11.3. The second-order valence-corrected chi connectivity index (χ2v) is 5.35. The molecule has 7 atom stereocenters. The third-order valence-corrected chi connectivity index (χ3v) is 3.58. The summed E-state index contributed by atoms with van der Waals surface area (Å²) in [7, 11) is 0. The fraction of sp³-hybridized carbons (Fsp3) is 0.923. The number of hydrogen-bond acceptors (Lipinski definition) is 10. The summed E-state index contributed by atoms with van der Waals surface area (Å²) in [4.78, 5) is 11.1. The molecule has 0 aliphatic carbocycles. The minimum atomic E-state index is -1.54. The lowest BCUT2D eigenvalue weighted by Crippen LogP contribution is -2.64. The van der Waals surface area contributed by atoms with Crippen molar-refractivity contribution in [2.24, 2.45) is 0 Å². The van der Waals surface area contributed by atoms with E-state index in [1.54, 1.807) is 0 Å². The smallest absolute Gasteiger partial charge is 0.217 e. The molecule has 1 aliphatic rings. The van der Waals surface area contributed by atoms with Gasteiger partial charge in [0.15, 0.2) is 6.29 Å². The predicted octanol–water partition coefficient (Wildman–Crippen LogP) is -4.37. The Morgan fingerprint density at radius 2 is 1.92 bits per heavy atom. The van der Waals surface area contributed by atoms with Crippen LogP contribution in [0, 0.1) is 0 Å². The molecule has 0 aromatic carbocycles. The highest BCUT2D eigenvalue weighted by Gasteiger charge is 2.45. The van der Waals surface area contributed by atoms with Crippen LogP contribution in [0.3, 0.4) is 0 Å². The molecule has 1 rings (SSSR count). The van der Waals surface area contributed by atoms with Gasteiger partial charge in [-0.2, -0.15) is 0 Å². The average Bonchev–Trinajstić information content (AvgIpc) is 2.55. The van der Waals surface area contributed by atoms with Crippen LogP contribution in [0.25, 0.3) is 0 Å². The topological polar surface area (TPSA) is 178 Å². The van der Waals surface area contributed by atoms with Crippen LogP contribution in [0.5, 0.6) is 0 Å². The van der Waals surface area contributed by atoms with Gasteiger partial charge in [-0.3, -0.25) is 4.79 Å². The molecular formula is C13H25NO10. The molecule has 1 amide bonds. The van der Waals surface area contributed by atoms with E-state index in [0.29, 0.717) is 0 Å². The molecule has 4 unspecified atom stereocenters. The summed E-state index contributed by atoms with van der Waals surface area (Å²) in [6.07, 6.45) is -7.62. The highest BCUT2D eigenvalue weighted by atomic mass is 16.7. The molecule has 1 heterocycles.